The van der Waals surface area contributed by atoms with E-state index in [1.165, 1.54) is 4.90 Å². The van der Waals surface area contributed by atoms with Gasteiger partial charge in [0.05, 0.1) is 5.92 Å². The first kappa shape index (κ1) is 19.9. The maximum Gasteiger partial charge on any atom is 0.323 e. The molecule has 0 radical (unpaired) electrons. The van der Waals surface area contributed by atoms with Crippen molar-refractivity contribution in [1.29, 1.82) is 0 Å². The van der Waals surface area contributed by atoms with Gasteiger partial charge >= 0.3 is 5.97 Å². The number of aliphatic carboxylic acids is 1. The van der Waals surface area contributed by atoms with Gasteiger partial charge in [-0.3, -0.25) is 14.4 Å². The SMILES string of the molecule is CCCN(CC(=O)O)C(=O)C1CCCN(C(=O)c2cc(C)cc(C)c2)C1. The van der Waals surface area contributed by atoms with Crippen LogP contribution in [0.3, 0.4) is 0 Å². The minimum atomic E-state index is -1.01. The Morgan fingerprint density at radius 2 is 1.85 bits per heavy atom. The lowest BCUT2D eigenvalue weighted by atomic mass is 9.95. The molecule has 26 heavy (non-hydrogen) atoms. The highest BCUT2D eigenvalue weighted by molar-refractivity contribution is 5.95. The van der Waals surface area contributed by atoms with Gasteiger partial charge < -0.3 is 14.9 Å². The highest BCUT2D eigenvalue weighted by Gasteiger charge is 2.32. The molecule has 0 aliphatic carbocycles. The number of nitrogens with zero attached hydrogens (tertiary/aromatic N) is 2. The molecule has 0 saturated carbocycles. The van der Waals surface area contributed by atoms with Crippen molar-refractivity contribution >= 4 is 17.8 Å². The summed E-state index contributed by atoms with van der Waals surface area (Å²) in [5.74, 6) is -1.56. The van der Waals surface area contributed by atoms with Crippen LogP contribution in [0.5, 0.6) is 0 Å². The average Bonchev–Trinajstić information content (AvgIpc) is 2.59. The van der Waals surface area contributed by atoms with E-state index in [1.807, 2.05) is 39.0 Å². The molecule has 1 aromatic rings. The minimum absolute atomic E-state index is 0.0606. The molecule has 0 bridgehead atoms. The standard InChI is InChI=1S/C20H28N2O4/c1-4-7-21(13-18(23)24)19(25)16-6-5-8-22(12-16)20(26)17-10-14(2)9-15(3)11-17/h9-11,16H,4-8,12-13H2,1-3H3,(H,23,24). The summed E-state index contributed by atoms with van der Waals surface area (Å²) in [6, 6.07) is 5.76. The van der Waals surface area contributed by atoms with E-state index in [2.05, 4.69) is 0 Å². The molecule has 1 aliphatic heterocycles. The third-order valence-electron chi connectivity index (χ3n) is 4.66. The van der Waals surface area contributed by atoms with Crippen LogP contribution in [0.1, 0.15) is 47.7 Å². The number of amides is 2. The average molecular weight is 360 g/mol. The Hall–Kier alpha value is -2.37. The van der Waals surface area contributed by atoms with Crippen molar-refractivity contribution in [3.63, 3.8) is 0 Å². The van der Waals surface area contributed by atoms with Gasteiger partial charge in [-0.25, -0.2) is 0 Å². The van der Waals surface area contributed by atoms with Gasteiger partial charge in [-0.05, 0) is 45.2 Å². The van der Waals surface area contributed by atoms with Crippen LogP contribution in [0.2, 0.25) is 0 Å². The summed E-state index contributed by atoms with van der Waals surface area (Å²) >= 11 is 0. The molecule has 0 spiro atoms. The van der Waals surface area contributed by atoms with Gasteiger partial charge in [0.25, 0.3) is 5.91 Å². The lowest BCUT2D eigenvalue weighted by Crippen LogP contribution is -2.48. The van der Waals surface area contributed by atoms with Crippen LogP contribution in [0.15, 0.2) is 18.2 Å². The van der Waals surface area contributed by atoms with E-state index in [-0.39, 0.29) is 24.3 Å². The summed E-state index contributed by atoms with van der Waals surface area (Å²) in [7, 11) is 0. The van der Waals surface area contributed by atoms with Gasteiger partial charge in [-0.15, -0.1) is 0 Å². The van der Waals surface area contributed by atoms with Crippen LogP contribution in [0.25, 0.3) is 0 Å². The van der Waals surface area contributed by atoms with Gasteiger partial charge in [0.2, 0.25) is 5.91 Å². The minimum Gasteiger partial charge on any atom is -0.480 e. The predicted molar refractivity (Wildman–Crippen MR) is 99.1 cm³/mol. The van der Waals surface area contributed by atoms with E-state index in [9.17, 15) is 14.4 Å². The Labute approximate surface area is 154 Å². The third-order valence-corrected chi connectivity index (χ3v) is 4.66. The van der Waals surface area contributed by atoms with Crippen LogP contribution in [0.4, 0.5) is 0 Å². The molecule has 2 rings (SSSR count). The van der Waals surface area contributed by atoms with Gasteiger partial charge in [-0.1, -0.05) is 24.1 Å². The first-order valence-electron chi connectivity index (χ1n) is 9.20. The highest BCUT2D eigenvalue weighted by Crippen LogP contribution is 2.22. The van der Waals surface area contributed by atoms with Crippen LogP contribution in [-0.4, -0.2) is 58.9 Å². The van der Waals surface area contributed by atoms with Crippen molar-refractivity contribution in [2.45, 2.75) is 40.0 Å². The zero-order valence-corrected chi connectivity index (χ0v) is 15.8. The molecule has 6 nitrogen and oxygen atoms in total. The number of rotatable bonds is 6. The van der Waals surface area contributed by atoms with E-state index in [0.29, 0.717) is 38.0 Å². The predicted octanol–water partition coefficient (Wildman–Crippen LogP) is 2.48. The number of carbonyl (C=O) groups excluding carboxylic acids is 2. The number of hydrogen-bond donors (Lipinski definition) is 1. The van der Waals surface area contributed by atoms with E-state index < -0.39 is 5.97 Å². The van der Waals surface area contributed by atoms with Crippen molar-refractivity contribution in [3.8, 4) is 0 Å². The molecular formula is C20H28N2O4. The smallest absolute Gasteiger partial charge is 0.323 e. The maximum absolute atomic E-state index is 12.9. The molecule has 1 N–H and O–H groups in total. The first-order valence-corrected chi connectivity index (χ1v) is 9.20. The lowest BCUT2D eigenvalue weighted by Gasteiger charge is -2.34. The Morgan fingerprint density at radius 1 is 1.19 bits per heavy atom. The van der Waals surface area contributed by atoms with E-state index in [1.54, 1.807) is 4.90 Å². The van der Waals surface area contributed by atoms with Crippen LogP contribution in [-0.2, 0) is 9.59 Å². The number of benzene rings is 1. The van der Waals surface area contributed by atoms with Crippen molar-refractivity contribution < 1.29 is 19.5 Å². The number of likely N-dealkylation sites (tertiary alicyclic amines) is 1. The van der Waals surface area contributed by atoms with E-state index >= 15 is 0 Å². The molecule has 6 heteroatoms. The molecule has 1 atom stereocenters. The number of carbonyl (C=O) groups is 3. The molecular weight excluding hydrogens is 332 g/mol. The molecule has 1 heterocycles. The first-order chi connectivity index (χ1) is 12.3. The van der Waals surface area contributed by atoms with Gasteiger partial charge in [0.1, 0.15) is 6.54 Å². The van der Waals surface area contributed by atoms with E-state index in [4.69, 9.17) is 5.11 Å². The van der Waals surface area contributed by atoms with Gasteiger partial charge in [0.15, 0.2) is 0 Å². The summed E-state index contributed by atoms with van der Waals surface area (Å²) in [6.07, 6.45) is 2.15. The highest BCUT2D eigenvalue weighted by atomic mass is 16.4. The molecule has 1 unspecified atom stereocenters. The zero-order valence-electron chi connectivity index (χ0n) is 15.8. The molecule has 1 aromatic carbocycles. The number of hydrogen-bond acceptors (Lipinski definition) is 3. The number of carboxylic acid groups (broad SMARTS) is 1. The molecule has 1 aliphatic rings. The number of piperidine rings is 1. The maximum atomic E-state index is 12.9. The fourth-order valence-corrected chi connectivity index (χ4v) is 3.60. The van der Waals surface area contributed by atoms with Crippen molar-refractivity contribution in [2.75, 3.05) is 26.2 Å². The molecule has 2 amide bonds. The summed E-state index contributed by atoms with van der Waals surface area (Å²) in [4.78, 5) is 39.8. The topological polar surface area (TPSA) is 77.9 Å². The lowest BCUT2D eigenvalue weighted by molar-refractivity contribution is -0.147. The second-order valence-electron chi connectivity index (χ2n) is 7.12. The quantitative estimate of drug-likeness (QED) is 0.845. The van der Waals surface area contributed by atoms with Gasteiger partial charge in [-0.2, -0.15) is 0 Å². The second-order valence-corrected chi connectivity index (χ2v) is 7.12. The summed E-state index contributed by atoms with van der Waals surface area (Å²) < 4.78 is 0. The Bertz CT molecular complexity index is 666. The van der Waals surface area contributed by atoms with Crippen molar-refractivity contribution in [3.05, 3.63) is 34.9 Å². The molecule has 1 fully saturated rings. The Morgan fingerprint density at radius 3 is 2.42 bits per heavy atom. The van der Waals surface area contributed by atoms with E-state index in [0.717, 1.165) is 17.5 Å². The largest absolute Gasteiger partial charge is 0.480 e. The third kappa shape index (κ3) is 5.07. The molecule has 1 saturated heterocycles. The normalized spacial score (nSPS) is 17.0. The van der Waals surface area contributed by atoms with Crippen LogP contribution >= 0.6 is 0 Å². The fraction of sp³-hybridized carbons (Fsp3) is 0.550. The zero-order chi connectivity index (χ0) is 19.3. The van der Waals surface area contributed by atoms with Crippen LogP contribution in [0, 0.1) is 19.8 Å². The van der Waals surface area contributed by atoms with Crippen molar-refractivity contribution in [2.24, 2.45) is 5.92 Å². The summed E-state index contributed by atoms with van der Waals surface area (Å²) in [5.41, 5.74) is 2.72. The molecule has 142 valence electrons. The van der Waals surface area contributed by atoms with Crippen molar-refractivity contribution in [1.82, 2.24) is 9.80 Å². The number of carboxylic acids is 1. The summed E-state index contributed by atoms with van der Waals surface area (Å²) in [5, 5.41) is 9.04. The monoisotopic (exact) mass is 360 g/mol. The Kier molecular flexibility index (Phi) is 6.77. The van der Waals surface area contributed by atoms with Crippen LogP contribution < -0.4 is 0 Å². The molecule has 0 aromatic heterocycles. The summed E-state index contributed by atoms with van der Waals surface area (Å²) in [6.45, 7) is 6.95. The van der Waals surface area contributed by atoms with Gasteiger partial charge in [0, 0.05) is 25.2 Å². The fourth-order valence-electron chi connectivity index (χ4n) is 3.60. The second kappa shape index (κ2) is 8.83. The Balaban J connectivity index is 2.10. The number of aryl methyl sites for hydroxylation is 2.